The summed E-state index contributed by atoms with van der Waals surface area (Å²) in [7, 11) is 1.65. The first kappa shape index (κ1) is 24.1. The van der Waals surface area contributed by atoms with Crippen molar-refractivity contribution in [3.05, 3.63) is 29.5 Å². The fourth-order valence-corrected chi connectivity index (χ4v) is 6.11. The quantitative estimate of drug-likeness (QED) is 0.670. The summed E-state index contributed by atoms with van der Waals surface area (Å²) in [6.45, 7) is 6.97. The zero-order valence-corrected chi connectivity index (χ0v) is 20.7. The zero-order valence-electron chi connectivity index (χ0n) is 20.7. The van der Waals surface area contributed by atoms with E-state index in [0.29, 0.717) is 45.8 Å². The smallest absolute Gasteiger partial charge is 0.236 e. The highest BCUT2D eigenvalue weighted by molar-refractivity contribution is 5.89. The number of aromatic amines is 1. The zero-order chi connectivity index (χ0) is 24.6. The number of hydrogen-bond acceptors (Lipinski definition) is 6. The Hall–Kier alpha value is -2.62. The number of carbonyl (C=O) groups excluding carboxylic acids is 2. The maximum absolute atomic E-state index is 13.1. The number of nitrogens with one attached hydrogen (secondary N) is 1. The Bertz CT molecular complexity index is 1080. The number of aliphatic hydroxyl groups excluding tert-OH is 1. The standard InChI is InChI=1S/C26H36N4O5/c1-3-22(32)30-17-26(6-8-29(9-7-26)23(33)15-28-10-12-35-13-11-28)24-19-5-4-18(34-2)14-20(19)27-25(24)21(30)16-31/h4-5,14,21,27,31H,3,6-13,15-17H2,1-2H3/t21-/m1/s1. The van der Waals surface area contributed by atoms with Gasteiger partial charge in [-0.15, -0.1) is 0 Å². The summed E-state index contributed by atoms with van der Waals surface area (Å²) >= 11 is 0. The van der Waals surface area contributed by atoms with E-state index < -0.39 is 6.04 Å². The molecule has 4 heterocycles. The minimum Gasteiger partial charge on any atom is -0.497 e. The van der Waals surface area contributed by atoms with E-state index in [2.05, 4.69) is 16.0 Å². The predicted octanol–water partition coefficient (Wildman–Crippen LogP) is 1.65. The molecule has 3 aliphatic rings. The molecular weight excluding hydrogens is 448 g/mol. The van der Waals surface area contributed by atoms with Gasteiger partial charge in [-0.25, -0.2) is 0 Å². The number of hydrogen-bond donors (Lipinski definition) is 2. The first-order valence-corrected chi connectivity index (χ1v) is 12.7. The van der Waals surface area contributed by atoms with Crippen molar-refractivity contribution in [2.45, 2.75) is 37.6 Å². The van der Waals surface area contributed by atoms with E-state index in [4.69, 9.17) is 9.47 Å². The molecule has 0 saturated carbocycles. The Balaban J connectivity index is 1.46. The maximum atomic E-state index is 13.1. The van der Waals surface area contributed by atoms with Crippen LogP contribution in [0.25, 0.3) is 10.9 Å². The Kier molecular flexibility index (Phi) is 6.74. The van der Waals surface area contributed by atoms with Gasteiger partial charge in [0, 0.05) is 67.2 Å². The van der Waals surface area contributed by atoms with Crippen LogP contribution in [0, 0.1) is 0 Å². The summed E-state index contributed by atoms with van der Waals surface area (Å²) in [6.07, 6.45) is 1.94. The fourth-order valence-electron chi connectivity index (χ4n) is 6.11. The molecule has 0 radical (unpaired) electrons. The molecule has 5 rings (SSSR count). The summed E-state index contributed by atoms with van der Waals surface area (Å²) in [5.41, 5.74) is 2.78. The molecule has 190 valence electrons. The van der Waals surface area contributed by atoms with Gasteiger partial charge in [0.25, 0.3) is 0 Å². The minimum atomic E-state index is -0.401. The highest BCUT2D eigenvalue weighted by Crippen LogP contribution is 2.49. The number of rotatable bonds is 5. The lowest BCUT2D eigenvalue weighted by molar-refractivity contribution is -0.139. The molecule has 1 atom stereocenters. The van der Waals surface area contributed by atoms with Gasteiger partial charge >= 0.3 is 0 Å². The number of piperidine rings is 1. The molecule has 2 aromatic rings. The van der Waals surface area contributed by atoms with E-state index >= 15 is 0 Å². The third kappa shape index (κ3) is 4.30. The number of benzene rings is 1. The highest BCUT2D eigenvalue weighted by Gasteiger charge is 2.48. The van der Waals surface area contributed by atoms with E-state index in [9.17, 15) is 14.7 Å². The third-order valence-corrected chi connectivity index (χ3v) is 8.08. The lowest BCUT2D eigenvalue weighted by Crippen LogP contribution is -2.56. The van der Waals surface area contributed by atoms with Crippen LogP contribution in [0.4, 0.5) is 0 Å². The van der Waals surface area contributed by atoms with Gasteiger partial charge in [-0.1, -0.05) is 6.92 Å². The fraction of sp³-hybridized carbons (Fsp3) is 0.615. The van der Waals surface area contributed by atoms with Crippen LogP contribution in [0.3, 0.4) is 0 Å². The van der Waals surface area contributed by atoms with Crippen molar-refractivity contribution in [1.82, 2.24) is 19.7 Å². The largest absolute Gasteiger partial charge is 0.497 e. The van der Waals surface area contributed by atoms with E-state index in [0.717, 1.165) is 48.3 Å². The summed E-state index contributed by atoms with van der Waals surface area (Å²) in [4.78, 5) is 35.6. The number of aliphatic hydroxyl groups is 1. The third-order valence-electron chi connectivity index (χ3n) is 8.08. The van der Waals surface area contributed by atoms with Crippen LogP contribution >= 0.6 is 0 Å². The van der Waals surface area contributed by atoms with Crippen molar-refractivity contribution >= 4 is 22.7 Å². The average molecular weight is 485 g/mol. The molecular formula is C26H36N4O5. The second kappa shape index (κ2) is 9.79. The maximum Gasteiger partial charge on any atom is 0.236 e. The van der Waals surface area contributed by atoms with Crippen molar-refractivity contribution in [3.63, 3.8) is 0 Å². The van der Waals surface area contributed by atoms with Gasteiger partial charge in [0.05, 0.1) is 39.5 Å². The summed E-state index contributed by atoms with van der Waals surface area (Å²) in [5.74, 6) is 0.961. The minimum absolute atomic E-state index is 0.0381. The van der Waals surface area contributed by atoms with Gasteiger partial charge in [0.2, 0.25) is 11.8 Å². The number of carbonyl (C=O) groups is 2. The number of likely N-dealkylation sites (tertiary alicyclic amines) is 1. The van der Waals surface area contributed by atoms with Crippen LogP contribution in [0.2, 0.25) is 0 Å². The second-order valence-electron chi connectivity index (χ2n) is 9.95. The van der Waals surface area contributed by atoms with Crippen LogP contribution in [-0.4, -0.2) is 103 Å². The molecule has 0 unspecified atom stereocenters. The van der Waals surface area contributed by atoms with Gasteiger partial charge in [-0.05, 0) is 30.5 Å². The molecule has 1 aromatic heterocycles. The molecule has 2 amide bonds. The van der Waals surface area contributed by atoms with Crippen molar-refractivity contribution < 1.29 is 24.2 Å². The van der Waals surface area contributed by atoms with E-state index in [-0.39, 0.29) is 23.8 Å². The van der Waals surface area contributed by atoms with E-state index in [1.165, 1.54) is 5.56 Å². The van der Waals surface area contributed by atoms with Crippen molar-refractivity contribution in [3.8, 4) is 5.75 Å². The van der Waals surface area contributed by atoms with Crippen LogP contribution in [-0.2, 0) is 19.7 Å². The Morgan fingerprint density at radius 3 is 2.57 bits per heavy atom. The monoisotopic (exact) mass is 484 g/mol. The van der Waals surface area contributed by atoms with Crippen molar-refractivity contribution in [2.24, 2.45) is 0 Å². The lowest BCUT2D eigenvalue weighted by atomic mass is 9.68. The van der Waals surface area contributed by atoms with Crippen LogP contribution in [0.1, 0.15) is 43.5 Å². The first-order chi connectivity index (χ1) is 17.0. The highest BCUT2D eigenvalue weighted by atomic mass is 16.5. The average Bonchev–Trinajstić information content (AvgIpc) is 3.28. The van der Waals surface area contributed by atoms with E-state index in [1.807, 2.05) is 28.9 Å². The topological polar surface area (TPSA) is 98.3 Å². The van der Waals surface area contributed by atoms with Crippen molar-refractivity contribution in [2.75, 3.05) is 66.2 Å². The van der Waals surface area contributed by atoms with E-state index in [1.54, 1.807) is 7.11 Å². The molecule has 9 nitrogen and oxygen atoms in total. The summed E-state index contributed by atoms with van der Waals surface area (Å²) < 4.78 is 10.8. The summed E-state index contributed by atoms with van der Waals surface area (Å²) in [6, 6.07) is 5.61. The molecule has 0 bridgehead atoms. The Labute approximate surface area is 205 Å². The predicted molar refractivity (Wildman–Crippen MR) is 131 cm³/mol. The first-order valence-electron chi connectivity index (χ1n) is 12.7. The number of H-pyrrole nitrogens is 1. The molecule has 3 aliphatic heterocycles. The Morgan fingerprint density at radius 1 is 1.17 bits per heavy atom. The lowest BCUT2D eigenvalue weighted by Gasteiger charge is -2.50. The van der Waals surface area contributed by atoms with Crippen molar-refractivity contribution in [1.29, 1.82) is 0 Å². The van der Waals surface area contributed by atoms with Gasteiger partial charge in [0.15, 0.2) is 0 Å². The number of fused-ring (bicyclic) bond motifs is 4. The van der Waals surface area contributed by atoms with Gasteiger partial charge < -0.3 is 29.4 Å². The SMILES string of the molecule is CCC(=O)N1CC2(CCN(C(=O)CN3CCOCC3)CC2)c2c([nH]c3cc(OC)ccc23)[C@H]1CO. The number of aromatic nitrogens is 1. The van der Waals surface area contributed by atoms with Crippen LogP contribution < -0.4 is 4.74 Å². The molecule has 0 aliphatic carbocycles. The van der Waals surface area contributed by atoms with Gasteiger partial charge in [-0.3, -0.25) is 14.5 Å². The van der Waals surface area contributed by atoms with Gasteiger partial charge in [-0.2, -0.15) is 0 Å². The van der Waals surface area contributed by atoms with Gasteiger partial charge in [0.1, 0.15) is 5.75 Å². The number of morpholine rings is 1. The molecule has 2 saturated heterocycles. The van der Waals surface area contributed by atoms with Crippen LogP contribution in [0.5, 0.6) is 5.75 Å². The Morgan fingerprint density at radius 2 is 1.91 bits per heavy atom. The second-order valence-corrected chi connectivity index (χ2v) is 9.95. The van der Waals surface area contributed by atoms with Crippen LogP contribution in [0.15, 0.2) is 18.2 Å². The number of ether oxygens (including phenoxy) is 2. The molecule has 35 heavy (non-hydrogen) atoms. The molecule has 1 aromatic carbocycles. The number of amides is 2. The molecule has 2 fully saturated rings. The number of nitrogens with zero attached hydrogens (tertiary/aromatic N) is 3. The number of methoxy groups -OCH3 is 1. The molecule has 1 spiro atoms. The summed E-state index contributed by atoms with van der Waals surface area (Å²) in [5, 5.41) is 11.4. The molecule has 2 N–H and O–H groups in total. The molecule has 9 heteroatoms. The normalized spacial score (nSPS) is 22.4.